The van der Waals surface area contributed by atoms with Crippen LogP contribution in [0.5, 0.6) is 5.75 Å². The first-order chi connectivity index (χ1) is 8.49. The summed E-state index contributed by atoms with van der Waals surface area (Å²) in [7, 11) is 0. The highest BCUT2D eigenvalue weighted by molar-refractivity contribution is 5.86. The Hall–Kier alpha value is -1.81. The van der Waals surface area contributed by atoms with Crippen molar-refractivity contribution in [2.45, 2.75) is 20.0 Å². The zero-order valence-electron chi connectivity index (χ0n) is 10.7. The van der Waals surface area contributed by atoms with Gasteiger partial charge in [-0.05, 0) is 31.5 Å². The molecule has 18 heavy (non-hydrogen) atoms. The van der Waals surface area contributed by atoms with Gasteiger partial charge in [-0.2, -0.15) is 0 Å². The predicted octanol–water partition coefficient (Wildman–Crippen LogP) is 1.85. The quantitative estimate of drug-likeness (QED) is 0.618. The topological polar surface area (TPSA) is 55.8 Å². The van der Waals surface area contributed by atoms with Crippen molar-refractivity contribution in [3.63, 3.8) is 0 Å². The highest BCUT2D eigenvalue weighted by Gasteiger charge is 2.10. The van der Waals surface area contributed by atoms with E-state index in [0.717, 1.165) is 5.56 Å². The van der Waals surface area contributed by atoms with Gasteiger partial charge in [0.25, 0.3) is 0 Å². The molecule has 0 aliphatic carbocycles. The average Bonchev–Trinajstić information content (AvgIpc) is 2.33. The lowest BCUT2D eigenvalue weighted by Gasteiger charge is -2.13. The highest BCUT2D eigenvalue weighted by atomic mass is 16.5. The van der Waals surface area contributed by atoms with Crippen LogP contribution in [0.1, 0.15) is 12.5 Å². The molecule has 0 aliphatic rings. The molecule has 0 amide bonds. The minimum absolute atomic E-state index is 0.0763. The van der Waals surface area contributed by atoms with E-state index in [-0.39, 0.29) is 13.2 Å². The fourth-order valence-corrected chi connectivity index (χ4v) is 1.24. The van der Waals surface area contributed by atoms with Gasteiger partial charge in [-0.1, -0.05) is 18.7 Å². The van der Waals surface area contributed by atoms with Crippen LogP contribution in [0.25, 0.3) is 0 Å². The van der Waals surface area contributed by atoms with Crippen molar-refractivity contribution in [1.29, 1.82) is 0 Å². The monoisotopic (exact) mass is 250 g/mol. The normalized spacial score (nSPS) is 11.7. The van der Waals surface area contributed by atoms with Crippen LogP contribution in [0, 0.1) is 6.92 Å². The third kappa shape index (κ3) is 5.01. The molecule has 98 valence electrons. The van der Waals surface area contributed by atoms with Gasteiger partial charge in [-0.25, -0.2) is 4.79 Å². The molecule has 1 unspecified atom stereocenters. The van der Waals surface area contributed by atoms with E-state index in [1.807, 2.05) is 25.1 Å². The van der Waals surface area contributed by atoms with Crippen LogP contribution in [0.3, 0.4) is 0 Å². The summed E-state index contributed by atoms with van der Waals surface area (Å²) in [4.78, 5) is 11.1. The summed E-state index contributed by atoms with van der Waals surface area (Å²) in [6.07, 6.45) is -0.853. The zero-order chi connectivity index (χ0) is 13.5. The van der Waals surface area contributed by atoms with Gasteiger partial charge < -0.3 is 14.6 Å². The molecule has 4 heteroatoms. The summed E-state index contributed by atoms with van der Waals surface area (Å²) in [5, 5.41) is 9.58. The van der Waals surface area contributed by atoms with Gasteiger partial charge in [-0.15, -0.1) is 0 Å². The van der Waals surface area contributed by atoms with E-state index in [9.17, 15) is 9.90 Å². The molecular formula is C14H18O4. The largest absolute Gasteiger partial charge is 0.491 e. The molecule has 0 aliphatic heterocycles. The summed E-state index contributed by atoms with van der Waals surface area (Å²) in [6.45, 7) is 6.94. The van der Waals surface area contributed by atoms with Crippen LogP contribution in [0.4, 0.5) is 0 Å². The van der Waals surface area contributed by atoms with Crippen LogP contribution in [0.2, 0.25) is 0 Å². The van der Waals surface area contributed by atoms with E-state index in [2.05, 4.69) is 6.58 Å². The number of hydrogen-bond acceptors (Lipinski definition) is 4. The zero-order valence-corrected chi connectivity index (χ0v) is 10.7. The Morgan fingerprint density at radius 2 is 2.17 bits per heavy atom. The Bertz CT molecular complexity index is 426. The summed E-state index contributed by atoms with van der Waals surface area (Å²) >= 11 is 0. The van der Waals surface area contributed by atoms with Crippen molar-refractivity contribution in [3.8, 4) is 5.75 Å². The van der Waals surface area contributed by atoms with Crippen LogP contribution < -0.4 is 4.74 Å². The second kappa shape index (κ2) is 6.81. The lowest BCUT2D eigenvalue weighted by Crippen LogP contribution is -2.25. The third-order valence-electron chi connectivity index (χ3n) is 2.19. The van der Waals surface area contributed by atoms with Crippen molar-refractivity contribution >= 4 is 5.97 Å². The lowest BCUT2D eigenvalue weighted by atomic mass is 10.2. The molecular weight excluding hydrogens is 232 g/mol. The number of carbonyl (C=O) groups excluding carboxylic acids is 1. The molecule has 0 saturated heterocycles. The van der Waals surface area contributed by atoms with Gasteiger partial charge in [-0.3, -0.25) is 0 Å². The highest BCUT2D eigenvalue weighted by Crippen LogP contribution is 2.12. The fraction of sp³-hybridized carbons (Fsp3) is 0.357. The molecule has 1 N–H and O–H groups in total. The van der Waals surface area contributed by atoms with E-state index in [0.29, 0.717) is 11.3 Å². The maximum absolute atomic E-state index is 11.1. The molecule has 1 atom stereocenters. The number of aryl methyl sites for hydroxylation is 1. The Kier molecular flexibility index (Phi) is 5.39. The van der Waals surface area contributed by atoms with E-state index in [1.54, 1.807) is 13.0 Å². The summed E-state index contributed by atoms with van der Waals surface area (Å²) in [6, 6.07) is 7.50. The maximum Gasteiger partial charge on any atom is 0.333 e. The fourth-order valence-electron chi connectivity index (χ4n) is 1.24. The molecule has 1 rings (SSSR count). The second-order valence-corrected chi connectivity index (χ2v) is 4.16. The molecule has 1 aromatic rings. The molecule has 4 nitrogen and oxygen atoms in total. The van der Waals surface area contributed by atoms with Crippen LogP contribution in [0.15, 0.2) is 36.4 Å². The maximum atomic E-state index is 11.1. The second-order valence-electron chi connectivity index (χ2n) is 4.16. The lowest BCUT2D eigenvalue weighted by molar-refractivity contribution is -0.142. The predicted molar refractivity (Wildman–Crippen MR) is 68.5 cm³/mol. The summed E-state index contributed by atoms with van der Waals surface area (Å²) in [5.41, 5.74) is 1.39. The molecule has 0 saturated carbocycles. The van der Waals surface area contributed by atoms with E-state index in [4.69, 9.17) is 9.47 Å². The van der Waals surface area contributed by atoms with Crippen LogP contribution >= 0.6 is 0 Å². The van der Waals surface area contributed by atoms with E-state index >= 15 is 0 Å². The number of carbonyl (C=O) groups is 1. The van der Waals surface area contributed by atoms with Gasteiger partial charge in [0.15, 0.2) is 0 Å². The van der Waals surface area contributed by atoms with Gasteiger partial charge >= 0.3 is 5.97 Å². The van der Waals surface area contributed by atoms with Crippen molar-refractivity contribution in [3.05, 3.63) is 42.0 Å². The minimum atomic E-state index is -0.853. The molecule has 0 radical (unpaired) electrons. The molecule has 0 fully saturated rings. The number of rotatable bonds is 6. The molecule has 0 bridgehead atoms. The molecule has 0 aromatic heterocycles. The SMILES string of the molecule is C=C(C)C(=O)OCC(O)COc1cccc(C)c1. The van der Waals surface area contributed by atoms with Crippen molar-refractivity contribution in [1.82, 2.24) is 0 Å². The van der Waals surface area contributed by atoms with Gasteiger partial charge in [0.05, 0.1) is 0 Å². The Morgan fingerprint density at radius 1 is 1.44 bits per heavy atom. The molecule has 0 spiro atoms. The minimum Gasteiger partial charge on any atom is -0.491 e. The van der Waals surface area contributed by atoms with Crippen molar-refractivity contribution in [2.24, 2.45) is 0 Å². The Morgan fingerprint density at radius 3 is 2.78 bits per heavy atom. The molecule has 1 aromatic carbocycles. The number of aliphatic hydroxyl groups excluding tert-OH is 1. The van der Waals surface area contributed by atoms with E-state index < -0.39 is 12.1 Å². The Labute approximate surface area is 107 Å². The van der Waals surface area contributed by atoms with Crippen molar-refractivity contribution < 1.29 is 19.4 Å². The first-order valence-corrected chi connectivity index (χ1v) is 5.69. The molecule has 0 heterocycles. The number of aliphatic hydroxyl groups is 1. The van der Waals surface area contributed by atoms with Gasteiger partial charge in [0.2, 0.25) is 0 Å². The van der Waals surface area contributed by atoms with Gasteiger partial charge in [0.1, 0.15) is 25.1 Å². The standard InChI is InChI=1S/C14H18O4/c1-10(2)14(16)18-9-12(15)8-17-13-6-4-5-11(3)7-13/h4-7,12,15H,1,8-9H2,2-3H3. The smallest absolute Gasteiger partial charge is 0.333 e. The van der Waals surface area contributed by atoms with Crippen molar-refractivity contribution in [2.75, 3.05) is 13.2 Å². The first kappa shape index (κ1) is 14.3. The number of hydrogen-bond donors (Lipinski definition) is 1. The first-order valence-electron chi connectivity index (χ1n) is 5.69. The van der Waals surface area contributed by atoms with E-state index in [1.165, 1.54) is 0 Å². The third-order valence-corrected chi connectivity index (χ3v) is 2.19. The van der Waals surface area contributed by atoms with Gasteiger partial charge in [0, 0.05) is 5.57 Å². The number of ether oxygens (including phenoxy) is 2. The number of esters is 1. The average molecular weight is 250 g/mol. The summed E-state index contributed by atoms with van der Waals surface area (Å²) in [5.74, 6) is 0.171. The Balaban J connectivity index is 2.31. The number of benzene rings is 1. The van der Waals surface area contributed by atoms with Crippen LogP contribution in [-0.4, -0.2) is 30.4 Å². The summed E-state index contributed by atoms with van der Waals surface area (Å²) < 4.78 is 10.2. The van der Waals surface area contributed by atoms with Crippen LogP contribution in [-0.2, 0) is 9.53 Å².